The van der Waals surface area contributed by atoms with Gasteiger partial charge < -0.3 is 19.4 Å². The van der Waals surface area contributed by atoms with Gasteiger partial charge in [0.25, 0.3) is 5.91 Å². The standard InChI is InChI=1S/C26H24FN7O3/c1-15-21(13-34-20-5-3-4-19(27)24(20)37-16(2)25(34)36)33-12-17(6-7-22(33)31-15)18-10-29-26(30-11-18)32-9-8-28-23(35)14-32/h3-7,10-12,16H,8-9,13-14H2,1-2H3,(H,28,35)/t16-/m1/s1. The number of ether oxygens (including phenoxy) is 1. The molecule has 11 heteroatoms. The van der Waals surface area contributed by atoms with Crippen molar-refractivity contribution >= 4 is 29.1 Å². The third-order valence-corrected chi connectivity index (χ3v) is 6.66. The molecule has 0 aliphatic carbocycles. The number of nitrogens with one attached hydrogen (secondary N) is 1. The fourth-order valence-corrected chi connectivity index (χ4v) is 4.72. The normalized spacial score (nSPS) is 17.5. The van der Waals surface area contributed by atoms with Crippen LogP contribution < -0.4 is 19.9 Å². The first-order chi connectivity index (χ1) is 17.9. The highest BCUT2D eigenvalue weighted by atomic mass is 19.1. The Morgan fingerprint density at radius 2 is 1.95 bits per heavy atom. The minimum Gasteiger partial charge on any atom is -0.476 e. The zero-order valence-corrected chi connectivity index (χ0v) is 20.3. The molecule has 2 amide bonds. The number of aryl methyl sites for hydroxylation is 1. The number of piperazine rings is 1. The zero-order chi connectivity index (χ0) is 25.7. The van der Waals surface area contributed by atoms with Crippen LogP contribution in [0, 0.1) is 12.7 Å². The van der Waals surface area contributed by atoms with E-state index in [1.54, 1.807) is 36.4 Å². The molecule has 0 saturated carbocycles. The molecule has 1 fully saturated rings. The summed E-state index contributed by atoms with van der Waals surface area (Å²) in [6, 6.07) is 8.39. The van der Waals surface area contributed by atoms with Crippen molar-refractivity contribution in [1.29, 1.82) is 0 Å². The van der Waals surface area contributed by atoms with Crippen LogP contribution >= 0.6 is 0 Å². The van der Waals surface area contributed by atoms with E-state index >= 15 is 0 Å². The number of carbonyl (C=O) groups excluding carboxylic acids is 2. The van der Waals surface area contributed by atoms with Crippen molar-refractivity contribution in [2.75, 3.05) is 29.4 Å². The second-order valence-electron chi connectivity index (χ2n) is 9.11. The van der Waals surface area contributed by atoms with Crippen molar-refractivity contribution in [1.82, 2.24) is 24.7 Å². The first-order valence-electron chi connectivity index (χ1n) is 12.0. The van der Waals surface area contributed by atoms with Gasteiger partial charge in [-0.1, -0.05) is 6.07 Å². The van der Waals surface area contributed by atoms with Crippen LogP contribution in [0.15, 0.2) is 48.9 Å². The smallest absolute Gasteiger partial charge is 0.268 e. The van der Waals surface area contributed by atoms with Crippen molar-refractivity contribution < 1.29 is 18.7 Å². The van der Waals surface area contributed by atoms with E-state index in [1.165, 1.54) is 6.07 Å². The van der Waals surface area contributed by atoms with E-state index in [4.69, 9.17) is 4.74 Å². The number of aromatic nitrogens is 4. The monoisotopic (exact) mass is 501 g/mol. The predicted molar refractivity (Wildman–Crippen MR) is 134 cm³/mol. The Morgan fingerprint density at radius 3 is 2.73 bits per heavy atom. The van der Waals surface area contributed by atoms with Gasteiger partial charge in [-0.2, -0.15) is 0 Å². The quantitative estimate of drug-likeness (QED) is 0.458. The van der Waals surface area contributed by atoms with E-state index in [2.05, 4.69) is 20.3 Å². The molecule has 10 nitrogen and oxygen atoms in total. The molecule has 1 saturated heterocycles. The van der Waals surface area contributed by atoms with Crippen LogP contribution in [0.3, 0.4) is 0 Å². The van der Waals surface area contributed by atoms with Gasteiger partial charge in [-0.3, -0.25) is 14.5 Å². The summed E-state index contributed by atoms with van der Waals surface area (Å²) >= 11 is 0. The number of anilines is 2. The highest BCUT2D eigenvalue weighted by molar-refractivity contribution is 5.99. The molecule has 1 atom stereocenters. The van der Waals surface area contributed by atoms with Gasteiger partial charge in [0.05, 0.1) is 30.2 Å². The van der Waals surface area contributed by atoms with Gasteiger partial charge in [-0.15, -0.1) is 0 Å². The molecule has 188 valence electrons. The number of pyridine rings is 1. The van der Waals surface area contributed by atoms with Gasteiger partial charge in [-0.05, 0) is 38.1 Å². The third kappa shape index (κ3) is 4.02. The number of fused-ring (bicyclic) bond motifs is 2. The summed E-state index contributed by atoms with van der Waals surface area (Å²) in [6.07, 6.45) is 4.58. The molecule has 6 rings (SSSR count). The molecule has 0 radical (unpaired) electrons. The number of imidazole rings is 1. The van der Waals surface area contributed by atoms with E-state index in [1.807, 2.05) is 34.6 Å². The van der Waals surface area contributed by atoms with Crippen molar-refractivity contribution in [2.24, 2.45) is 0 Å². The van der Waals surface area contributed by atoms with Crippen LogP contribution in [0.25, 0.3) is 16.8 Å². The number of carbonyl (C=O) groups is 2. The highest BCUT2D eigenvalue weighted by Gasteiger charge is 2.34. The molecular formula is C26H24FN7O3. The van der Waals surface area contributed by atoms with Gasteiger partial charge in [0.1, 0.15) is 5.65 Å². The van der Waals surface area contributed by atoms with E-state index in [0.717, 1.165) is 28.2 Å². The van der Waals surface area contributed by atoms with E-state index in [9.17, 15) is 14.0 Å². The summed E-state index contributed by atoms with van der Waals surface area (Å²) in [4.78, 5) is 41.7. The molecular weight excluding hydrogens is 477 g/mol. The number of para-hydroxylation sites is 1. The summed E-state index contributed by atoms with van der Waals surface area (Å²) in [5.41, 5.74) is 4.34. The number of benzene rings is 1. The minimum absolute atomic E-state index is 0.0501. The second kappa shape index (κ2) is 8.84. The molecule has 1 N–H and O–H groups in total. The number of hydrogen-bond donors (Lipinski definition) is 1. The van der Waals surface area contributed by atoms with Crippen LogP contribution in [0.2, 0.25) is 0 Å². The van der Waals surface area contributed by atoms with Gasteiger partial charge in [0.15, 0.2) is 17.7 Å². The summed E-state index contributed by atoms with van der Waals surface area (Å²) in [5, 5.41) is 2.79. The Morgan fingerprint density at radius 1 is 1.14 bits per heavy atom. The summed E-state index contributed by atoms with van der Waals surface area (Å²) in [7, 11) is 0. The van der Waals surface area contributed by atoms with Crippen molar-refractivity contribution in [3.63, 3.8) is 0 Å². The van der Waals surface area contributed by atoms with Crippen molar-refractivity contribution in [2.45, 2.75) is 26.5 Å². The number of rotatable bonds is 4. The van der Waals surface area contributed by atoms with Gasteiger partial charge >= 0.3 is 0 Å². The third-order valence-electron chi connectivity index (χ3n) is 6.66. The predicted octanol–water partition coefficient (Wildman–Crippen LogP) is 2.49. The highest BCUT2D eigenvalue weighted by Crippen LogP contribution is 2.37. The Balaban J connectivity index is 1.34. The van der Waals surface area contributed by atoms with E-state index in [-0.39, 0.29) is 30.7 Å². The Kier molecular flexibility index (Phi) is 5.47. The lowest BCUT2D eigenvalue weighted by molar-refractivity contribution is -0.125. The second-order valence-corrected chi connectivity index (χ2v) is 9.11. The SMILES string of the molecule is Cc1nc2ccc(-c3cnc(N4CCNC(=O)C4)nc3)cn2c1CN1C(=O)[C@@H](C)Oc2c(F)cccc21. The largest absolute Gasteiger partial charge is 0.476 e. The fourth-order valence-electron chi connectivity index (χ4n) is 4.72. The molecule has 0 bridgehead atoms. The molecule has 0 unspecified atom stereocenters. The lowest BCUT2D eigenvalue weighted by Gasteiger charge is -2.33. The van der Waals surface area contributed by atoms with Crippen LogP contribution in [-0.4, -0.2) is 56.9 Å². The summed E-state index contributed by atoms with van der Waals surface area (Å²) < 4.78 is 21.9. The topological polar surface area (TPSA) is 105 Å². The average molecular weight is 502 g/mol. The maximum Gasteiger partial charge on any atom is 0.268 e. The molecule has 0 spiro atoms. The molecule has 4 aromatic rings. The Bertz CT molecular complexity index is 1540. The van der Waals surface area contributed by atoms with Gasteiger partial charge in [-0.25, -0.2) is 19.3 Å². The van der Waals surface area contributed by atoms with Crippen molar-refractivity contribution in [3.8, 4) is 16.9 Å². The average Bonchev–Trinajstić information content (AvgIpc) is 3.21. The minimum atomic E-state index is -0.805. The van der Waals surface area contributed by atoms with Crippen LogP contribution in [-0.2, 0) is 16.1 Å². The van der Waals surface area contributed by atoms with Gasteiger partial charge in [0, 0.05) is 42.8 Å². The molecule has 3 aromatic heterocycles. The number of hydrogen-bond acceptors (Lipinski definition) is 7. The maximum atomic E-state index is 14.4. The Labute approximate surface area is 211 Å². The molecule has 5 heterocycles. The lowest BCUT2D eigenvalue weighted by atomic mass is 10.1. The number of halogens is 1. The van der Waals surface area contributed by atoms with E-state index in [0.29, 0.717) is 24.7 Å². The maximum absolute atomic E-state index is 14.4. The first kappa shape index (κ1) is 22.9. The van der Waals surface area contributed by atoms with E-state index < -0.39 is 11.9 Å². The summed E-state index contributed by atoms with van der Waals surface area (Å²) in [6.45, 7) is 5.14. The van der Waals surface area contributed by atoms with Crippen LogP contribution in [0.4, 0.5) is 16.0 Å². The van der Waals surface area contributed by atoms with Crippen molar-refractivity contribution in [3.05, 3.63) is 66.1 Å². The zero-order valence-electron chi connectivity index (χ0n) is 20.3. The molecule has 2 aliphatic heterocycles. The molecule has 1 aromatic carbocycles. The fraction of sp³-hybridized carbons (Fsp3) is 0.269. The summed E-state index contributed by atoms with van der Waals surface area (Å²) in [5.74, 6) is -0.229. The molecule has 37 heavy (non-hydrogen) atoms. The van der Waals surface area contributed by atoms with Crippen LogP contribution in [0.1, 0.15) is 18.3 Å². The lowest BCUT2D eigenvalue weighted by Crippen LogP contribution is -2.48. The van der Waals surface area contributed by atoms with Crippen LogP contribution in [0.5, 0.6) is 5.75 Å². The first-order valence-corrected chi connectivity index (χ1v) is 12.0. The number of nitrogens with zero attached hydrogens (tertiary/aromatic N) is 6. The Hall–Kier alpha value is -4.54. The van der Waals surface area contributed by atoms with Gasteiger partial charge in [0.2, 0.25) is 11.9 Å². The number of amides is 2. The molecule has 2 aliphatic rings.